The van der Waals surface area contributed by atoms with Crippen LogP contribution in [0.3, 0.4) is 0 Å². The molecule has 0 spiro atoms. The molecule has 1 aliphatic rings. The number of nitrogens with zero attached hydrogens (tertiary/aromatic N) is 3. The number of nitriles is 1. The minimum atomic E-state index is -0.647. The van der Waals surface area contributed by atoms with Gasteiger partial charge in [0.1, 0.15) is 11.6 Å². The van der Waals surface area contributed by atoms with Crippen molar-refractivity contribution < 1.29 is 14.5 Å². The Labute approximate surface area is 125 Å². The molecule has 0 N–H and O–H groups in total. The summed E-state index contributed by atoms with van der Waals surface area (Å²) in [4.78, 5) is 23.9. The van der Waals surface area contributed by atoms with Crippen LogP contribution < -0.4 is 9.64 Å². The molecule has 0 aromatic heterocycles. The average molecular weight is 295 g/mol. The average Bonchev–Trinajstić information content (AvgIpc) is 2.54. The van der Waals surface area contributed by atoms with E-state index in [1.165, 1.54) is 17.0 Å². The lowest BCUT2D eigenvalue weighted by molar-refractivity contribution is -0.385. The predicted molar refractivity (Wildman–Crippen MR) is 76.9 cm³/mol. The van der Waals surface area contributed by atoms with Crippen LogP contribution in [0.4, 0.5) is 17.1 Å². The molecule has 7 nitrogen and oxygen atoms in total. The number of ether oxygens (including phenoxy) is 1. The van der Waals surface area contributed by atoms with Gasteiger partial charge in [0.15, 0.2) is 12.4 Å². The Bertz CT molecular complexity index is 812. The monoisotopic (exact) mass is 295 g/mol. The molecular weight excluding hydrogens is 286 g/mol. The van der Waals surface area contributed by atoms with E-state index in [4.69, 9.17) is 10.00 Å². The van der Waals surface area contributed by atoms with Crippen molar-refractivity contribution in [3.05, 3.63) is 58.1 Å². The number of nitro groups is 1. The summed E-state index contributed by atoms with van der Waals surface area (Å²) in [7, 11) is 0. The van der Waals surface area contributed by atoms with Crippen molar-refractivity contribution in [3.8, 4) is 11.8 Å². The van der Waals surface area contributed by atoms with Gasteiger partial charge in [-0.1, -0.05) is 18.2 Å². The number of hydrogen-bond acceptors (Lipinski definition) is 5. The molecule has 0 fully saturated rings. The number of rotatable bonds is 2. The summed E-state index contributed by atoms with van der Waals surface area (Å²) < 4.78 is 5.27. The van der Waals surface area contributed by atoms with Crippen LogP contribution in [0.1, 0.15) is 5.56 Å². The summed E-state index contributed by atoms with van der Waals surface area (Å²) >= 11 is 0. The van der Waals surface area contributed by atoms with Crippen molar-refractivity contribution in [2.24, 2.45) is 0 Å². The number of carbonyl (C=O) groups excluding carboxylic acids is 1. The highest BCUT2D eigenvalue weighted by atomic mass is 16.6. The molecule has 0 saturated carbocycles. The normalized spacial score (nSPS) is 13.0. The molecule has 1 aliphatic heterocycles. The van der Waals surface area contributed by atoms with Gasteiger partial charge >= 0.3 is 0 Å². The highest BCUT2D eigenvalue weighted by molar-refractivity contribution is 6.04. The molecule has 2 aromatic carbocycles. The van der Waals surface area contributed by atoms with Crippen LogP contribution in [0.15, 0.2) is 42.5 Å². The Morgan fingerprint density at radius 1 is 1.27 bits per heavy atom. The molecule has 22 heavy (non-hydrogen) atoms. The lowest BCUT2D eigenvalue weighted by Gasteiger charge is -2.29. The van der Waals surface area contributed by atoms with Crippen LogP contribution in [0, 0.1) is 21.4 Å². The first kappa shape index (κ1) is 13.6. The van der Waals surface area contributed by atoms with Gasteiger partial charge < -0.3 is 4.74 Å². The SMILES string of the molecule is N#Cc1cc2c(cc1[N+](=O)[O-])OCC(=O)N2c1ccccc1. The second kappa shape index (κ2) is 5.18. The van der Waals surface area contributed by atoms with Crippen molar-refractivity contribution in [1.82, 2.24) is 0 Å². The van der Waals surface area contributed by atoms with E-state index in [0.717, 1.165) is 0 Å². The topological polar surface area (TPSA) is 96.5 Å². The van der Waals surface area contributed by atoms with Gasteiger partial charge in [0.05, 0.1) is 16.7 Å². The van der Waals surface area contributed by atoms with Crippen molar-refractivity contribution in [2.45, 2.75) is 0 Å². The standard InChI is InChI=1S/C15H9N3O4/c16-8-10-6-13-14(7-12(10)18(20)21)22-9-15(19)17(13)11-4-2-1-3-5-11/h1-7H,9H2. The fourth-order valence-corrected chi connectivity index (χ4v) is 2.29. The van der Waals surface area contributed by atoms with E-state index in [0.29, 0.717) is 11.4 Å². The van der Waals surface area contributed by atoms with E-state index in [9.17, 15) is 14.9 Å². The van der Waals surface area contributed by atoms with Crippen LogP contribution in [0.25, 0.3) is 0 Å². The van der Waals surface area contributed by atoms with Crippen LogP contribution in [-0.4, -0.2) is 17.4 Å². The molecule has 1 amide bonds. The van der Waals surface area contributed by atoms with Crippen LogP contribution in [0.2, 0.25) is 0 Å². The number of amides is 1. The Balaban J connectivity index is 2.21. The van der Waals surface area contributed by atoms with Crippen molar-refractivity contribution in [1.29, 1.82) is 5.26 Å². The van der Waals surface area contributed by atoms with Gasteiger partial charge in [-0.25, -0.2) is 0 Å². The number of nitro benzene ring substituents is 1. The van der Waals surface area contributed by atoms with E-state index in [2.05, 4.69) is 0 Å². The maximum absolute atomic E-state index is 12.2. The lowest BCUT2D eigenvalue weighted by atomic mass is 10.1. The summed E-state index contributed by atoms with van der Waals surface area (Å²) in [6, 6.07) is 13.1. The summed E-state index contributed by atoms with van der Waals surface area (Å²) in [5.74, 6) is -0.106. The van der Waals surface area contributed by atoms with Crippen LogP contribution in [0.5, 0.6) is 5.75 Å². The predicted octanol–water partition coefficient (Wildman–Crippen LogP) is 2.52. The molecule has 7 heteroatoms. The molecule has 0 bridgehead atoms. The summed E-state index contributed by atoms with van der Waals surface area (Å²) in [6.45, 7) is -0.217. The third-order valence-electron chi connectivity index (χ3n) is 3.25. The van der Waals surface area contributed by atoms with Gasteiger partial charge in [0, 0.05) is 5.69 Å². The second-order valence-electron chi connectivity index (χ2n) is 4.56. The van der Waals surface area contributed by atoms with Crippen molar-refractivity contribution in [2.75, 3.05) is 11.5 Å². The van der Waals surface area contributed by atoms with Gasteiger partial charge in [0.25, 0.3) is 11.6 Å². The summed E-state index contributed by atoms with van der Waals surface area (Å²) in [5, 5.41) is 20.1. The molecule has 0 unspecified atom stereocenters. The highest BCUT2D eigenvalue weighted by Crippen LogP contribution is 2.40. The van der Waals surface area contributed by atoms with Gasteiger partial charge in [0.2, 0.25) is 0 Å². The zero-order chi connectivity index (χ0) is 15.7. The third-order valence-corrected chi connectivity index (χ3v) is 3.25. The maximum Gasteiger partial charge on any atom is 0.290 e. The second-order valence-corrected chi connectivity index (χ2v) is 4.56. The molecular formula is C15H9N3O4. The fourth-order valence-electron chi connectivity index (χ4n) is 2.29. The number of benzene rings is 2. The zero-order valence-electron chi connectivity index (χ0n) is 11.2. The molecule has 0 radical (unpaired) electrons. The Morgan fingerprint density at radius 2 is 2.00 bits per heavy atom. The molecule has 0 saturated heterocycles. The quantitative estimate of drug-likeness (QED) is 0.626. The van der Waals surface area contributed by atoms with E-state index in [-0.39, 0.29) is 29.5 Å². The van der Waals surface area contributed by atoms with Crippen LogP contribution >= 0.6 is 0 Å². The first-order valence-electron chi connectivity index (χ1n) is 6.35. The van der Waals surface area contributed by atoms with Gasteiger partial charge in [-0.3, -0.25) is 19.8 Å². The minimum absolute atomic E-state index is 0.122. The maximum atomic E-state index is 12.2. The lowest BCUT2D eigenvalue weighted by Crippen LogP contribution is -2.35. The van der Waals surface area contributed by atoms with E-state index in [1.807, 2.05) is 6.07 Å². The third kappa shape index (κ3) is 2.13. The first-order valence-corrected chi connectivity index (χ1v) is 6.35. The number of hydrogen-bond donors (Lipinski definition) is 0. The highest BCUT2D eigenvalue weighted by Gasteiger charge is 2.30. The van der Waals surface area contributed by atoms with Gasteiger partial charge in [-0.15, -0.1) is 0 Å². The molecule has 2 aromatic rings. The van der Waals surface area contributed by atoms with Crippen molar-refractivity contribution >= 4 is 23.0 Å². The first-order chi connectivity index (χ1) is 10.6. The zero-order valence-corrected chi connectivity index (χ0v) is 11.2. The summed E-state index contributed by atoms with van der Waals surface area (Å²) in [6.07, 6.45) is 0. The Kier molecular flexibility index (Phi) is 3.20. The molecule has 0 atom stereocenters. The molecule has 1 heterocycles. The summed E-state index contributed by atoms with van der Waals surface area (Å²) in [5.41, 5.74) is 0.464. The largest absolute Gasteiger partial charge is 0.481 e. The van der Waals surface area contributed by atoms with E-state index in [1.54, 1.807) is 30.3 Å². The van der Waals surface area contributed by atoms with Crippen molar-refractivity contribution in [3.63, 3.8) is 0 Å². The Morgan fingerprint density at radius 3 is 2.64 bits per heavy atom. The van der Waals surface area contributed by atoms with Gasteiger partial charge in [-0.05, 0) is 18.2 Å². The van der Waals surface area contributed by atoms with E-state index >= 15 is 0 Å². The number of anilines is 2. The molecule has 108 valence electrons. The van der Waals surface area contributed by atoms with Crippen LogP contribution in [-0.2, 0) is 4.79 Å². The molecule has 3 rings (SSSR count). The number of para-hydroxylation sites is 1. The number of carbonyl (C=O) groups is 1. The molecule has 0 aliphatic carbocycles. The van der Waals surface area contributed by atoms with E-state index < -0.39 is 4.92 Å². The minimum Gasteiger partial charge on any atom is -0.481 e. The Hall–Kier alpha value is -3.40. The number of fused-ring (bicyclic) bond motifs is 1. The van der Waals surface area contributed by atoms with Gasteiger partial charge in [-0.2, -0.15) is 5.26 Å². The smallest absolute Gasteiger partial charge is 0.290 e. The fraction of sp³-hybridized carbons (Fsp3) is 0.0667.